The molecule has 0 bridgehead atoms. The highest BCUT2D eigenvalue weighted by atomic mass is 32.1. The molecule has 1 atom stereocenters. The first kappa shape index (κ1) is 15.3. The van der Waals surface area contributed by atoms with E-state index >= 15 is 0 Å². The number of nitrogens with one attached hydrogen (secondary N) is 1. The van der Waals surface area contributed by atoms with Gasteiger partial charge in [0.2, 0.25) is 5.91 Å². The average molecular weight is 322 g/mol. The fraction of sp³-hybridized carbons (Fsp3) is 0.667. The van der Waals surface area contributed by atoms with Crippen molar-refractivity contribution in [3.05, 3.63) is 16.1 Å². The lowest BCUT2D eigenvalue weighted by Crippen LogP contribution is -2.47. The molecule has 120 valence electrons. The summed E-state index contributed by atoms with van der Waals surface area (Å²) >= 11 is 1.65. The topological polar surface area (TPSA) is 88.3 Å². The van der Waals surface area contributed by atoms with Gasteiger partial charge in [0.05, 0.1) is 6.04 Å². The van der Waals surface area contributed by atoms with Crippen LogP contribution in [-0.4, -0.2) is 34.9 Å². The molecule has 1 aromatic heterocycles. The second-order valence-electron chi connectivity index (χ2n) is 6.24. The van der Waals surface area contributed by atoms with Crippen LogP contribution in [0.2, 0.25) is 0 Å². The maximum atomic E-state index is 12.5. The molecule has 0 spiro atoms. The van der Waals surface area contributed by atoms with Gasteiger partial charge in [0.1, 0.15) is 5.01 Å². The quantitative estimate of drug-likeness (QED) is 0.886. The van der Waals surface area contributed by atoms with Crippen molar-refractivity contribution in [2.75, 3.05) is 13.1 Å². The summed E-state index contributed by atoms with van der Waals surface area (Å²) in [5.74, 6) is 0.164. The summed E-state index contributed by atoms with van der Waals surface area (Å²) < 4.78 is 0. The van der Waals surface area contributed by atoms with Gasteiger partial charge in [-0.1, -0.05) is 0 Å². The van der Waals surface area contributed by atoms with Crippen LogP contribution in [0.5, 0.6) is 0 Å². The van der Waals surface area contributed by atoms with Gasteiger partial charge >= 0.3 is 6.03 Å². The zero-order valence-corrected chi connectivity index (χ0v) is 13.6. The first-order valence-corrected chi connectivity index (χ1v) is 8.63. The number of carbonyl (C=O) groups excluding carboxylic acids is 2. The summed E-state index contributed by atoms with van der Waals surface area (Å²) in [7, 11) is 0. The van der Waals surface area contributed by atoms with Gasteiger partial charge in [-0.3, -0.25) is 4.79 Å². The predicted octanol–water partition coefficient (Wildman–Crippen LogP) is 1.81. The van der Waals surface area contributed by atoms with E-state index in [0.717, 1.165) is 22.7 Å². The summed E-state index contributed by atoms with van der Waals surface area (Å²) in [6.07, 6.45) is 5.47. The number of aryl methyl sites for hydroxylation is 1. The van der Waals surface area contributed by atoms with Crippen molar-refractivity contribution in [2.45, 2.75) is 38.6 Å². The third-order valence-corrected chi connectivity index (χ3v) is 5.46. The van der Waals surface area contributed by atoms with E-state index in [9.17, 15) is 9.59 Å². The van der Waals surface area contributed by atoms with Crippen LogP contribution in [0.15, 0.2) is 6.20 Å². The first-order valence-electron chi connectivity index (χ1n) is 7.81. The molecule has 0 unspecified atom stereocenters. The molecule has 22 heavy (non-hydrogen) atoms. The molecule has 2 fully saturated rings. The lowest BCUT2D eigenvalue weighted by Gasteiger charge is -2.31. The van der Waals surface area contributed by atoms with E-state index in [1.165, 1.54) is 0 Å². The van der Waals surface area contributed by atoms with Crippen molar-refractivity contribution < 1.29 is 9.59 Å². The Labute approximate surface area is 134 Å². The number of hydrogen-bond acceptors (Lipinski definition) is 4. The molecule has 0 aromatic carbocycles. The number of nitrogens with two attached hydrogens (primary N) is 1. The predicted molar refractivity (Wildman–Crippen MR) is 84.3 cm³/mol. The molecule has 1 saturated carbocycles. The van der Waals surface area contributed by atoms with Crippen molar-refractivity contribution in [2.24, 2.45) is 17.6 Å². The molecule has 7 heteroatoms. The number of urea groups is 1. The summed E-state index contributed by atoms with van der Waals surface area (Å²) in [5.41, 5.74) is 5.33. The molecule has 6 nitrogen and oxygen atoms in total. The van der Waals surface area contributed by atoms with E-state index in [4.69, 9.17) is 5.73 Å². The third kappa shape index (κ3) is 3.40. The number of primary amides is 1. The van der Waals surface area contributed by atoms with Crippen molar-refractivity contribution in [1.29, 1.82) is 0 Å². The Bertz CT molecular complexity index is 562. The van der Waals surface area contributed by atoms with E-state index in [1.54, 1.807) is 16.2 Å². The number of likely N-dealkylation sites (tertiary alicyclic amines) is 1. The third-order valence-electron chi connectivity index (χ3n) is 4.46. The highest BCUT2D eigenvalue weighted by molar-refractivity contribution is 7.11. The zero-order chi connectivity index (χ0) is 15.7. The highest BCUT2D eigenvalue weighted by Gasteiger charge is 2.36. The molecule has 1 saturated heterocycles. The molecular formula is C15H22N4O2S. The molecule has 2 aliphatic rings. The number of rotatable bonds is 4. The molecule has 0 radical (unpaired) electrons. The lowest BCUT2D eigenvalue weighted by molar-refractivity contribution is -0.123. The maximum Gasteiger partial charge on any atom is 0.317 e. The molecule has 3 amide bonds. The number of aromatic nitrogens is 1. The minimum absolute atomic E-state index is 0.0278. The fourth-order valence-electron chi connectivity index (χ4n) is 2.92. The maximum absolute atomic E-state index is 12.5. The van der Waals surface area contributed by atoms with Gasteiger partial charge in [0.25, 0.3) is 0 Å². The molecule has 2 heterocycles. The number of piperidine rings is 1. The molecule has 3 N–H and O–H groups in total. The first-order chi connectivity index (χ1) is 10.5. The standard InChI is InChI=1S/C15H22N4O2S/c1-9-8-17-14(22-9)12(10-2-3-10)18-15(21)19-6-4-11(5-7-19)13(16)20/h8,10-12H,2-7H2,1H3,(H2,16,20)(H,18,21)/t12-/m1/s1. The van der Waals surface area contributed by atoms with Crippen LogP contribution in [0.4, 0.5) is 4.79 Å². The van der Waals surface area contributed by atoms with Crippen LogP contribution in [-0.2, 0) is 4.79 Å². The molecule has 3 rings (SSSR count). The Hall–Kier alpha value is -1.63. The summed E-state index contributed by atoms with van der Waals surface area (Å²) in [4.78, 5) is 31.0. The van der Waals surface area contributed by atoms with E-state index in [1.807, 2.05) is 13.1 Å². The van der Waals surface area contributed by atoms with E-state index < -0.39 is 0 Å². The fourth-order valence-corrected chi connectivity index (χ4v) is 3.84. The van der Waals surface area contributed by atoms with Gasteiger partial charge in [-0.25, -0.2) is 9.78 Å². The monoisotopic (exact) mass is 322 g/mol. The molecular weight excluding hydrogens is 300 g/mol. The minimum atomic E-state index is -0.255. The minimum Gasteiger partial charge on any atom is -0.369 e. The number of carbonyl (C=O) groups is 2. The van der Waals surface area contributed by atoms with Gasteiger partial charge in [0.15, 0.2) is 0 Å². The van der Waals surface area contributed by atoms with Crippen molar-refractivity contribution >= 4 is 23.3 Å². The zero-order valence-electron chi connectivity index (χ0n) is 12.7. The Morgan fingerprint density at radius 2 is 2.05 bits per heavy atom. The van der Waals surface area contributed by atoms with Gasteiger partial charge in [-0.15, -0.1) is 11.3 Å². The summed E-state index contributed by atoms with van der Waals surface area (Å²) in [6, 6.07) is -0.0206. The van der Waals surface area contributed by atoms with Gasteiger partial charge < -0.3 is 16.0 Å². The summed E-state index contributed by atoms with van der Waals surface area (Å²) in [6.45, 7) is 3.21. The van der Waals surface area contributed by atoms with Crippen molar-refractivity contribution in [3.8, 4) is 0 Å². The van der Waals surface area contributed by atoms with Crippen LogP contribution < -0.4 is 11.1 Å². The number of amides is 3. The van der Waals surface area contributed by atoms with Crippen LogP contribution in [0, 0.1) is 18.8 Å². The highest BCUT2D eigenvalue weighted by Crippen LogP contribution is 2.42. The lowest BCUT2D eigenvalue weighted by atomic mass is 9.96. The Balaban J connectivity index is 1.59. The summed E-state index contributed by atoms with van der Waals surface area (Å²) in [5, 5.41) is 4.14. The number of nitrogens with zero attached hydrogens (tertiary/aromatic N) is 2. The number of thiazole rings is 1. The second-order valence-corrected chi connectivity index (χ2v) is 7.50. The number of hydrogen-bond donors (Lipinski definition) is 2. The molecule has 1 aromatic rings. The Morgan fingerprint density at radius 3 is 2.55 bits per heavy atom. The smallest absolute Gasteiger partial charge is 0.317 e. The van der Waals surface area contributed by atoms with Crippen LogP contribution in [0.25, 0.3) is 0 Å². The molecule has 1 aliphatic carbocycles. The Morgan fingerprint density at radius 1 is 1.36 bits per heavy atom. The van der Waals surface area contributed by atoms with Gasteiger partial charge in [-0.2, -0.15) is 0 Å². The van der Waals surface area contributed by atoms with Gasteiger partial charge in [0, 0.05) is 30.1 Å². The molecule has 1 aliphatic heterocycles. The van der Waals surface area contributed by atoms with E-state index in [2.05, 4.69) is 10.3 Å². The van der Waals surface area contributed by atoms with Gasteiger partial charge in [-0.05, 0) is 38.5 Å². The van der Waals surface area contributed by atoms with Crippen molar-refractivity contribution in [3.63, 3.8) is 0 Å². The van der Waals surface area contributed by atoms with Crippen LogP contribution in [0.1, 0.15) is 41.6 Å². The van der Waals surface area contributed by atoms with Crippen molar-refractivity contribution in [1.82, 2.24) is 15.2 Å². The normalized spacial score (nSPS) is 20.7. The van der Waals surface area contributed by atoms with Crippen LogP contribution in [0.3, 0.4) is 0 Å². The van der Waals surface area contributed by atoms with E-state index in [0.29, 0.717) is 31.8 Å². The SMILES string of the molecule is Cc1cnc([C@H](NC(=O)N2CCC(C(N)=O)CC2)C2CC2)s1. The Kier molecular flexibility index (Phi) is 4.33. The second kappa shape index (κ2) is 6.24. The van der Waals surface area contributed by atoms with E-state index in [-0.39, 0.29) is 23.9 Å². The van der Waals surface area contributed by atoms with Crippen LogP contribution >= 0.6 is 11.3 Å². The largest absolute Gasteiger partial charge is 0.369 e. The average Bonchev–Trinajstić information content (AvgIpc) is 3.26.